The van der Waals surface area contributed by atoms with E-state index >= 15 is 0 Å². The lowest BCUT2D eigenvalue weighted by atomic mass is 10.1. The molecule has 0 bridgehead atoms. The number of amides is 2. The lowest BCUT2D eigenvalue weighted by molar-refractivity contribution is -0.138. The molecule has 0 aromatic heterocycles. The number of carbonyl (C=O) groups is 2. The Hall–Kier alpha value is -1.88. The van der Waals surface area contributed by atoms with Gasteiger partial charge in [-0.3, -0.25) is 9.59 Å². The number of hydrogen-bond donors (Lipinski definition) is 1. The average Bonchev–Trinajstić information content (AvgIpc) is 2.49. The fraction of sp³-hybridized carbons (Fsp3) is 0.467. The molecule has 0 unspecified atom stereocenters. The Kier molecular flexibility index (Phi) is 4.74. The van der Waals surface area contributed by atoms with Crippen molar-refractivity contribution in [1.29, 1.82) is 0 Å². The van der Waals surface area contributed by atoms with Crippen molar-refractivity contribution in [2.45, 2.75) is 13.3 Å². The monoisotopic (exact) mass is 275 g/mol. The van der Waals surface area contributed by atoms with Gasteiger partial charge in [-0.05, 0) is 18.1 Å². The summed E-state index contributed by atoms with van der Waals surface area (Å²) in [5, 5.41) is 0. The number of hydrogen-bond acceptors (Lipinski definition) is 3. The molecule has 1 aromatic rings. The van der Waals surface area contributed by atoms with Crippen molar-refractivity contribution in [2.75, 3.05) is 32.7 Å². The third kappa shape index (κ3) is 3.36. The van der Waals surface area contributed by atoms with Crippen LogP contribution in [0.2, 0.25) is 0 Å². The third-order valence-corrected chi connectivity index (χ3v) is 3.76. The SMILES string of the molecule is Cc1ccccc1CC(=O)N1CCN(C(=O)CN)CC1. The standard InChI is InChI=1S/C15H21N3O2/c1-12-4-2-3-5-13(12)10-14(19)17-6-8-18(9-7-17)15(20)11-16/h2-5H,6-11,16H2,1H3. The highest BCUT2D eigenvalue weighted by molar-refractivity contribution is 5.80. The first-order valence-corrected chi connectivity index (χ1v) is 6.92. The number of nitrogens with zero attached hydrogens (tertiary/aromatic N) is 2. The molecule has 1 saturated heterocycles. The fourth-order valence-corrected chi connectivity index (χ4v) is 2.42. The van der Waals surface area contributed by atoms with E-state index < -0.39 is 0 Å². The van der Waals surface area contributed by atoms with Gasteiger partial charge in [0.05, 0.1) is 13.0 Å². The maximum atomic E-state index is 12.3. The number of piperazine rings is 1. The summed E-state index contributed by atoms with van der Waals surface area (Å²) in [6.45, 7) is 4.40. The highest BCUT2D eigenvalue weighted by Gasteiger charge is 2.23. The van der Waals surface area contributed by atoms with Gasteiger partial charge in [-0.2, -0.15) is 0 Å². The second-order valence-electron chi connectivity index (χ2n) is 5.07. The van der Waals surface area contributed by atoms with E-state index in [2.05, 4.69) is 0 Å². The van der Waals surface area contributed by atoms with Crippen LogP contribution < -0.4 is 5.73 Å². The molecule has 2 rings (SSSR count). The smallest absolute Gasteiger partial charge is 0.236 e. The maximum Gasteiger partial charge on any atom is 0.236 e. The molecular formula is C15H21N3O2. The fourth-order valence-electron chi connectivity index (χ4n) is 2.42. The molecule has 0 atom stereocenters. The minimum atomic E-state index is -0.0454. The summed E-state index contributed by atoms with van der Waals surface area (Å²) >= 11 is 0. The molecule has 0 aliphatic carbocycles. The van der Waals surface area contributed by atoms with Crippen LogP contribution in [-0.2, 0) is 16.0 Å². The number of aryl methyl sites for hydroxylation is 1. The van der Waals surface area contributed by atoms with E-state index in [4.69, 9.17) is 5.73 Å². The Morgan fingerprint density at radius 3 is 2.15 bits per heavy atom. The molecule has 1 aliphatic heterocycles. The molecular weight excluding hydrogens is 254 g/mol. The number of benzene rings is 1. The Morgan fingerprint density at radius 1 is 1.05 bits per heavy atom. The van der Waals surface area contributed by atoms with Crippen molar-refractivity contribution in [3.8, 4) is 0 Å². The van der Waals surface area contributed by atoms with Crippen LogP contribution in [-0.4, -0.2) is 54.3 Å². The van der Waals surface area contributed by atoms with Gasteiger partial charge in [-0.1, -0.05) is 24.3 Å². The Bertz CT molecular complexity index is 494. The van der Waals surface area contributed by atoms with Crippen molar-refractivity contribution < 1.29 is 9.59 Å². The Labute approximate surface area is 119 Å². The summed E-state index contributed by atoms with van der Waals surface area (Å²) < 4.78 is 0. The van der Waals surface area contributed by atoms with Crippen LogP contribution in [0.5, 0.6) is 0 Å². The molecule has 2 amide bonds. The van der Waals surface area contributed by atoms with E-state index in [0.717, 1.165) is 11.1 Å². The summed E-state index contributed by atoms with van der Waals surface area (Å²) in [7, 11) is 0. The summed E-state index contributed by atoms with van der Waals surface area (Å²) in [4.78, 5) is 27.3. The van der Waals surface area contributed by atoms with Gasteiger partial charge in [0.2, 0.25) is 11.8 Å². The van der Waals surface area contributed by atoms with E-state index in [1.807, 2.05) is 36.1 Å². The Balaban J connectivity index is 1.89. The van der Waals surface area contributed by atoms with Gasteiger partial charge in [0.1, 0.15) is 0 Å². The van der Waals surface area contributed by atoms with Gasteiger partial charge in [-0.15, -0.1) is 0 Å². The van der Waals surface area contributed by atoms with Crippen LogP contribution in [0.4, 0.5) is 0 Å². The van der Waals surface area contributed by atoms with Gasteiger partial charge in [-0.25, -0.2) is 0 Å². The highest BCUT2D eigenvalue weighted by atomic mass is 16.2. The lowest BCUT2D eigenvalue weighted by Gasteiger charge is -2.34. The molecule has 0 saturated carbocycles. The van der Waals surface area contributed by atoms with Crippen LogP contribution in [0, 0.1) is 6.92 Å². The normalized spacial score (nSPS) is 15.3. The number of nitrogens with two attached hydrogens (primary N) is 1. The topological polar surface area (TPSA) is 66.6 Å². The largest absolute Gasteiger partial charge is 0.339 e. The van der Waals surface area contributed by atoms with E-state index in [1.54, 1.807) is 4.90 Å². The predicted molar refractivity (Wildman–Crippen MR) is 77.1 cm³/mol. The van der Waals surface area contributed by atoms with Crippen LogP contribution in [0.1, 0.15) is 11.1 Å². The first-order valence-electron chi connectivity index (χ1n) is 6.92. The van der Waals surface area contributed by atoms with E-state index in [9.17, 15) is 9.59 Å². The molecule has 1 aliphatic rings. The van der Waals surface area contributed by atoms with Crippen LogP contribution >= 0.6 is 0 Å². The zero-order chi connectivity index (χ0) is 14.5. The van der Waals surface area contributed by atoms with Crippen molar-refractivity contribution in [1.82, 2.24) is 9.80 Å². The van der Waals surface area contributed by atoms with Crippen molar-refractivity contribution in [2.24, 2.45) is 5.73 Å². The molecule has 5 nitrogen and oxygen atoms in total. The van der Waals surface area contributed by atoms with Gasteiger partial charge >= 0.3 is 0 Å². The third-order valence-electron chi connectivity index (χ3n) is 3.76. The van der Waals surface area contributed by atoms with Gasteiger partial charge in [0, 0.05) is 26.2 Å². The molecule has 20 heavy (non-hydrogen) atoms. The second kappa shape index (κ2) is 6.52. The zero-order valence-corrected chi connectivity index (χ0v) is 11.8. The van der Waals surface area contributed by atoms with Gasteiger partial charge < -0.3 is 15.5 Å². The van der Waals surface area contributed by atoms with Crippen LogP contribution in [0.3, 0.4) is 0 Å². The first-order chi connectivity index (χ1) is 9.61. The molecule has 108 valence electrons. The van der Waals surface area contributed by atoms with Crippen LogP contribution in [0.15, 0.2) is 24.3 Å². The minimum Gasteiger partial charge on any atom is -0.339 e. The lowest BCUT2D eigenvalue weighted by Crippen LogP contribution is -2.52. The number of carbonyl (C=O) groups excluding carboxylic acids is 2. The minimum absolute atomic E-state index is 0.0388. The van der Waals surface area contributed by atoms with Gasteiger partial charge in [0.15, 0.2) is 0 Å². The summed E-state index contributed by atoms with van der Waals surface area (Å²) in [5.41, 5.74) is 7.55. The van der Waals surface area contributed by atoms with E-state index in [0.29, 0.717) is 32.6 Å². The van der Waals surface area contributed by atoms with Gasteiger partial charge in [0.25, 0.3) is 0 Å². The first kappa shape index (κ1) is 14.5. The molecule has 0 radical (unpaired) electrons. The van der Waals surface area contributed by atoms with Crippen molar-refractivity contribution in [3.05, 3.63) is 35.4 Å². The highest BCUT2D eigenvalue weighted by Crippen LogP contribution is 2.11. The average molecular weight is 275 g/mol. The summed E-state index contributed by atoms with van der Waals surface area (Å²) in [5.74, 6) is 0.0788. The van der Waals surface area contributed by atoms with Crippen molar-refractivity contribution in [3.63, 3.8) is 0 Å². The zero-order valence-electron chi connectivity index (χ0n) is 11.8. The van der Waals surface area contributed by atoms with Crippen LogP contribution in [0.25, 0.3) is 0 Å². The predicted octanol–water partition coefficient (Wildman–Crippen LogP) is 0.167. The molecule has 1 fully saturated rings. The summed E-state index contributed by atoms with van der Waals surface area (Å²) in [6, 6.07) is 7.93. The second-order valence-corrected chi connectivity index (χ2v) is 5.07. The molecule has 1 heterocycles. The van der Waals surface area contributed by atoms with Crippen molar-refractivity contribution >= 4 is 11.8 Å². The molecule has 5 heteroatoms. The molecule has 1 aromatic carbocycles. The number of rotatable bonds is 3. The Morgan fingerprint density at radius 2 is 1.60 bits per heavy atom. The molecule has 0 spiro atoms. The maximum absolute atomic E-state index is 12.3. The van der Waals surface area contributed by atoms with E-state index in [1.165, 1.54) is 0 Å². The molecule has 2 N–H and O–H groups in total. The quantitative estimate of drug-likeness (QED) is 0.855. The van der Waals surface area contributed by atoms with E-state index in [-0.39, 0.29) is 18.4 Å². The summed E-state index contributed by atoms with van der Waals surface area (Å²) in [6.07, 6.45) is 0.428.